The lowest BCUT2D eigenvalue weighted by atomic mass is 9.89. The monoisotopic (exact) mass is 254 g/mol. The third-order valence-electron chi connectivity index (χ3n) is 4.73. The van der Waals surface area contributed by atoms with Crippen molar-refractivity contribution in [3.63, 3.8) is 0 Å². The summed E-state index contributed by atoms with van der Waals surface area (Å²) in [6.45, 7) is 3.25. The van der Waals surface area contributed by atoms with Crippen LogP contribution in [0.15, 0.2) is 0 Å². The fourth-order valence-electron chi connectivity index (χ4n) is 3.47. The highest BCUT2D eigenvalue weighted by Crippen LogP contribution is 2.24. The summed E-state index contributed by atoms with van der Waals surface area (Å²) in [6.07, 6.45) is 9.49. The minimum absolute atomic E-state index is 0.474. The predicted octanol–water partition coefficient (Wildman–Crippen LogP) is 2.41. The molecule has 2 aliphatic rings. The molecule has 1 saturated carbocycles. The van der Waals surface area contributed by atoms with E-state index in [1.807, 2.05) is 0 Å². The van der Waals surface area contributed by atoms with Gasteiger partial charge in [0.05, 0.1) is 6.10 Å². The number of nitrogens with one attached hydrogen (secondary N) is 1. The van der Waals surface area contributed by atoms with Crippen LogP contribution in [-0.4, -0.2) is 49.8 Å². The lowest BCUT2D eigenvalue weighted by Gasteiger charge is -2.36. The maximum atomic E-state index is 5.84. The normalized spacial score (nSPS) is 35.0. The molecule has 0 radical (unpaired) electrons. The fourth-order valence-corrected chi connectivity index (χ4v) is 3.47. The largest absolute Gasteiger partial charge is 0.377 e. The van der Waals surface area contributed by atoms with E-state index < -0.39 is 0 Å². The summed E-state index contributed by atoms with van der Waals surface area (Å²) in [5.74, 6) is 0. The summed E-state index contributed by atoms with van der Waals surface area (Å²) in [7, 11) is 4.42. The molecule has 0 spiro atoms. The van der Waals surface area contributed by atoms with Crippen molar-refractivity contribution in [3.8, 4) is 0 Å². The SMILES string of the molecule is CCC(NC1CCC(N(C)C)CC1)C1CCCO1. The average molecular weight is 254 g/mol. The van der Waals surface area contributed by atoms with Crippen LogP contribution in [0.3, 0.4) is 0 Å². The van der Waals surface area contributed by atoms with Crippen molar-refractivity contribution in [2.45, 2.75) is 76.1 Å². The zero-order valence-electron chi connectivity index (χ0n) is 12.3. The molecular weight excluding hydrogens is 224 g/mol. The fraction of sp³-hybridized carbons (Fsp3) is 1.00. The van der Waals surface area contributed by atoms with Crippen molar-refractivity contribution >= 4 is 0 Å². The summed E-state index contributed by atoms with van der Waals surface area (Å²) in [5.41, 5.74) is 0. The molecule has 2 fully saturated rings. The molecule has 18 heavy (non-hydrogen) atoms. The summed E-state index contributed by atoms with van der Waals surface area (Å²) in [4.78, 5) is 2.38. The molecular formula is C15H30N2O. The first-order chi connectivity index (χ1) is 8.70. The Morgan fingerprint density at radius 3 is 2.39 bits per heavy atom. The highest BCUT2D eigenvalue weighted by Gasteiger charge is 2.29. The third kappa shape index (κ3) is 3.69. The van der Waals surface area contributed by atoms with Crippen molar-refractivity contribution in [2.75, 3.05) is 20.7 Å². The number of hydrogen-bond acceptors (Lipinski definition) is 3. The summed E-state index contributed by atoms with van der Waals surface area (Å²) in [6, 6.07) is 2.09. The van der Waals surface area contributed by atoms with Crippen LogP contribution in [-0.2, 0) is 4.74 Å². The lowest BCUT2D eigenvalue weighted by molar-refractivity contribution is 0.0682. The maximum Gasteiger partial charge on any atom is 0.0728 e. The molecule has 3 nitrogen and oxygen atoms in total. The van der Waals surface area contributed by atoms with E-state index in [0.717, 1.165) is 18.7 Å². The molecule has 2 unspecified atom stereocenters. The summed E-state index contributed by atoms with van der Waals surface area (Å²) in [5, 5.41) is 3.86. The third-order valence-corrected chi connectivity index (χ3v) is 4.73. The number of nitrogens with zero attached hydrogens (tertiary/aromatic N) is 1. The molecule has 1 aliphatic heterocycles. The minimum Gasteiger partial charge on any atom is -0.377 e. The van der Waals surface area contributed by atoms with Crippen molar-refractivity contribution in [1.82, 2.24) is 10.2 Å². The van der Waals surface area contributed by atoms with Crippen LogP contribution in [0.5, 0.6) is 0 Å². The molecule has 0 aromatic rings. The van der Waals surface area contributed by atoms with Gasteiger partial charge in [-0.2, -0.15) is 0 Å². The molecule has 2 atom stereocenters. The minimum atomic E-state index is 0.474. The van der Waals surface area contributed by atoms with E-state index in [0.29, 0.717) is 12.1 Å². The van der Waals surface area contributed by atoms with Gasteiger partial charge in [-0.3, -0.25) is 0 Å². The summed E-state index contributed by atoms with van der Waals surface area (Å²) >= 11 is 0. The molecule has 106 valence electrons. The van der Waals surface area contributed by atoms with Gasteiger partial charge in [0.1, 0.15) is 0 Å². The van der Waals surface area contributed by atoms with Crippen LogP contribution in [0.25, 0.3) is 0 Å². The first kappa shape index (κ1) is 14.3. The standard InChI is InChI=1S/C15H30N2O/c1-4-14(15-6-5-11-18-15)16-12-7-9-13(10-8-12)17(2)3/h12-16H,4-11H2,1-3H3. The van der Waals surface area contributed by atoms with E-state index in [2.05, 4.69) is 31.2 Å². The van der Waals surface area contributed by atoms with Crippen molar-refractivity contribution < 1.29 is 4.74 Å². The second-order valence-electron chi connectivity index (χ2n) is 6.20. The van der Waals surface area contributed by atoms with Gasteiger partial charge >= 0.3 is 0 Å². The molecule has 0 bridgehead atoms. The van der Waals surface area contributed by atoms with Crippen LogP contribution < -0.4 is 5.32 Å². The lowest BCUT2D eigenvalue weighted by Crippen LogP contribution is -2.47. The predicted molar refractivity (Wildman–Crippen MR) is 75.9 cm³/mol. The topological polar surface area (TPSA) is 24.5 Å². The van der Waals surface area contributed by atoms with Gasteiger partial charge in [-0.05, 0) is 59.0 Å². The van der Waals surface area contributed by atoms with Crippen LogP contribution in [0, 0.1) is 0 Å². The molecule has 0 aromatic heterocycles. The van der Waals surface area contributed by atoms with Gasteiger partial charge in [0, 0.05) is 24.7 Å². The van der Waals surface area contributed by atoms with E-state index in [1.54, 1.807) is 0 Å². The summed E-state index contributed by atoms with van der Waals surface area (Å²) < 4.78 is 5.84. The van der Waals surface area contributed by atoms with Crippen LogP contribution in [0.1, 0.15) is 51.9 Å². The molecule has 2 rings (SSSR count). The van der Waals surface area contributed by atoms with Crippen molar-refractivity contribution in [2.24, 2.45) is 0 Å². The Morgan fingerprint density at radius 2 is 1.89 bits per heavy atom. The zero-order chi connectivity index (χ0) is 13.0. The quantitative estimate of drug-likeness (QED) is 0.815. The van der Waals surface area contributed by atoms with E-state index in [1.165, 1.54) is 44.9 Å². The van der Waals surface area contributed by atoms with E-state index in [9.17, 15) is 0 Å². The van der Waals surface area contributed by atoms with Crippen LogP contribution in [0.4, 0.5) is 0 Å². The van der Waals surface area contributed by atoms with E-state index in [-0.39, 0.29) is 0 Å². The molecule has 1 N–H and O–H groups in total. The smallest absolute Gasteiger partial charge is 0.0728 e. The number of rotatable bonds is 5. The molecule has 0 amide bonds. The van der Waals surface area contributed by atoms with Gasteiger partial charge in [0.25, 0.3) is 0 Å². The zero-order valence-corrected chi connectivity index (χ0v) is 12.3. The Labute approximate surface area is 112 Å². The van der Waals surface area contributed by atoms with Gasteiger partial charge in [-0.1, -0.05) is 6.92 Å². The van der Waals surface area contributed by atoms with Crippen molar-refractivity contribution in [1.29, 1.82) is 0 Å². The molecule has 1 aliphatic carbocycles. The average Bonchev–Trinajstić information content (AvgIpc) is 2.90. The van der Waals surface area contributed by atoms with Gasteiger partial charge in [-0.25, -0.2) is 0 Å². The van der Waals surface area contributed by atoms with Gasteiger partial charge in [-0.15, -0.1) is 0 Å². The Hall–Kier alpha value is -0.120. The Morgan fingerprint density at radius 1 is 1.17 bits per heavy atom. The molecule has 1 saturated heterocycles. The van der Waals surface area contributed by atoms with Gasteiger partial charge in [0.15, 0.2) is 0 Å². The first-order valence-electron chi connectivity index (χ1n) is 7.74. The van der Waals surface area contributed by atoms with E-state index >= 15 is 0 Å². The number of ether oxygens (including phenoxy) is 1. The maximum absolute atomic E-state index is 5.84. The highest BCUT2D eigenvalue weighted by molar-refractivity contribution is 4.86. The first-order valence-corrected chi connectivity index (χ1v) is 7.74. The number of hydrogen-bond donors (Lipinski definition) is 1. The Balaban J connectivity index is 1.75. The molecule has 3 heteroatoms. The van der Waals surface area contributed by atoms with E-state index in [4.69, 9.17) is 4.74 Å². The highest BCUT2D eigenvalue weighted by atomic mass is 16.5. The van der Waals surface area contributed by atoms with Crippen LogP contribution >= 0.6 is 0 Å². The molecule has 1 heterocycles. The van der Waals surface area contributed by atoms with Crippen molar-refractivity contribution in [3.05, 3.63) is 0 Å². The Bertz CT molecular complexity index is 231. The Kier molecular flexibility index (Phi) is 5.46. The second kappa shape index (κ2) is 6.88. The second-order valence-corrected chi connectivity index (χ2v) is 6.20. The van der Waals surface area contributed by atoms with Gasteiger partial charge in [0.2, 0.25) is 0 Å². The van der Waals surface area contributed by atoms with Crippen LogP contribution in [0.2, 0.25) is 0 Å². The van der Waals surface area contributed by atoms with Gasteiger partial charge < -0.3 is 15.0 Å². The molecule has 0 aromatic carbocycles.